The predicted molar refractivity (Wildman–Crippen MR) is 84.7 cm³/mol. The zero-order valence-electron chi connectivity index (χ0n) is 12.6. The summed E-state index contributed by atoms with van der Waals surface area (Å²) in [5, 5.41) is 10.6. The van der Waals surface area contributed by atoms with Gasteiger partial charge in [0.15, 0.2) is 0 Å². The van der Waals surface area contributed by atoms with Crippen LogP contribution in [0.5, 0.6) is 5.75 Å². The molecule has 0 spiro atoms. The molecule has 0 radical (unpaired) electrons. The average molecular weight is 282 g/mol. The van der Waals surface area contributed by atoms with Crippen molar-refractivity contribution in [3.63, 3.8) is 0 Å². The minimum Gasteiger partial charge on any atom is -0.487 e. The van der Waals surface area contributed by atoms with Gasteiger partial charge >= 0.3 is 0 Å². The monoisotopic (exact) mass is 282 g/mol. The van der Waals surface area contributed by atoms with Gasteiger partial charge in [-0.05, 0) is 41.5 Å². The highest BCUT2D eigenvalue weighted by Gasteiger charge is 2.29. The molecular formula is C19H22O2. The first-order valence-electron chi connectivity index (χ1n) is 7.68. The smallest absolute Gasteiger partial charge is 0.129 e. The van der Waals surface area contributed by atoms with E-state index in [9.17, 15) is 5.11 Å². The number of aliphatic hydroxyl groups is 1. The van der Waals surface area contributed by atoms with Crippen LogP contribution in [0.2, 0.25) is 0 Å². The second-order valence-electron chi connectivity index (χ2n) is 6.03. The fourth-order valence-corrected chi connectivity index (χ4v) is 3.06. The van der Waals surface area contributed by atoms with E-state index >= 15 is 0 Å². The zero-order valence-corrected chi connectivity index (χ0v) is 12.6. The van der Waals surface area contributed by atoms with Crippen LogP contribution in [0.15, 0.2) is 48.5 Å². The molecule has 0 aliphatic heterocycles. The van der Waals surface area contributed by atoms with Crippen molar-refractivity contribution >= 4 is 0 Å². The molecule has 2 aromatic rings. The van der Waals surface area contributed by atoms with Gasteiger partial charge in [-0.2, -0.15) is 0 Å². The normalized spacial score (nSPS) is 21.1. The Morgan fingerprint density at radius 1 is 1.05 bits per heavy atom. The van der Waals surface area contributed by atoms with Crippen LogP contribution in [0.1, 0.15) is 49.0 Å². The van der Waals surface area contributed by atoms with Gasteiger partial charge in [0.05, 0.1) is 0 Å². The molecule has 21 heavy (non-hydrogen) atoms. The second kappa shape index (κ2) is 5.90. The molecule has 2 unspecified atom stereocenters. The summed E-state index contributed by atoms with van der Waals surface area (Å²) in [5.41, 5.74) is 3.45. The summed E-state index contributed by atoms with van der Waals surface area (Å²) in [6.07, 6.45) is 1.10. The summed E-state index contributed by atoms with van der Waals surface area (Å²) in [6.45, 7) is 4.32. The Morgan fingerprint density at radius 2 is 1.76 bits per heavy atom. The van der Waals surface area contributed by atoms with Crippen molar-refractivity contribution in [2.24, 2.45) is 0 Å². The second-order valence-corrected chi connectivity index (χ2v) is 6.03. The number of ether oxygens (including phenoxy) is 1. The van der Waals surface area contributed by atoms with Crippen LogP contribution in [0.4, 0.5) is 0 Å². The minimum absolute atomic E-state index is 0.167. The van der Waals surface area contributed by atoms with Gasteiger partial charge in [-0.1, -0.05) is 56.3 Å². The quantitative estimate of drug-likeness (QED) is 0.912. The maximum absolute atomic E-state index is 10.6. The van der Waals surface area contributed by atoms with E-state index in [1.807, 2.05) is 36.4 Å². The third kappa shape index (κ3) is 2.81. The van der Waals surface area contributed by atoms with Crippen LogP contribution in [-0.2, 0) is 6.42 Å². The van der Waals surface area contributed by atoms with Crippen molar-refractivity contribution in [2.75, 3.05) is 0 Å². The van der Waals surface area contributed by atoms with Gasteiger partial charge in [0.25, 0.3) is 0 Å². The third-order valence-corrected chi connectivity index (χ3v) is 4.24. The minimum atomic E-state index is -0.546. The van der Waals surface area contributed by atoms with Crippen LogP contribution in [-0.4, -0.2) is 11.2 Å². The molecule has 0 amide bonds. The Bertz CT molecular complexity index is 618. The first-order valence-corrected chi connectivity index (χ1v) is 7.68. The van der Waals surface area contributed by atoms with Gasteiger partial charge in [-0.15, -0.1) is 0 Å². The van der Waals surface area contributed by atoms with E-state index in [1.165, 1.54) is 11.1 Å². The topological polar surface area (TPSA) is 29.5 Å². The molecule has 1 aliphatic rings. The standard InChI is InChI=1S/C19H22O2/c1-13(2)15-8-5-6-10-17(15)21-18-12-11-14-7-3-4-9-16(14)19(18)20/h3-10,13,18-20H,11-12H2,1-2H3. The lowest BCUT2D eigenvalue weighted by molar-refractivity contribution is 0.0224. The lowest BCUT2D eigenvalue weighted by Gasteiger charge is -2.31. The first-order chi connectivity index (χ1) is 10.2. The number of aryl methyl sites for hydroxylation is 1. The van der Waals surface area contributed by atoms with Crippen LogP contribution in [0.3, 0.4) is 0 Å². The Labute approximate surface area is 126 Å². The zero-order chi connectivity index (χ0) is 14.8. The number of para-hydroxylation sites is 1. The van der Waals surface area contributed by atoms with E-state index < -0.39 is 6.10 Å². The summed E-state index contributed by atoms with van der Waals surface area (Å²) in [5.74, 6) is 1.31. The molecule has 2 nitrogen and oxygen atoms in total. The van der Waals surface area contributed by atoms with Crippen LogP contribution in [0.25, 0.3) is 0 Å². The summed E-state index contributed by atoms with van der Waals surface area (Å²) in [4.78, 5) is 0. The fourth-order valence-electron chi connectivity index (χ4n) is 3.06. The largest absolute Gasteiger partial charge is 0.487 e. The van der Waals surface area contributed by atoms with Crippen molar-refractivity contribution in [3.05, 3.63) is 65.2 Å². The summed E-state index contributed by atoms with van der Waals surface area (Å²) >= 11 is 0. The molecule has 0 saturated carbocycles. The molecule has 0 aromatic heterocycles. The van der Waals surface area contributed by atoms with Gasteiger partial charge in [-0.25, -0.2) is 0 Å². The van der Waals surface area contributed by atoms with E-state index in [0.29, 0.717) is 5.92 Å². The molecule has 0 heterocycles. The van der Waals surface area contributed by atoms with Gasteiger partial charge in [0.1, 0.15) is 18.0 Å². The number of fused-ring (bicyclic) bond motifs is 1. The number of hydrogen-bond acceptors (Lipinski definition) is 2. The summed E-state index contributed by atoms with van der Waals surface area (Å²) < 4.78 is 6.17. The number of rotatable bonds is 3. The van der Waals surface area contributed by atoms with E-state index in [0.717, 1.165) is 24.2 Å². The highest BCUT2D eigenvalue weighted by Crippen LogP contribution is 2.34. The van der Waals surface area contributed by atoms with Gasteiger partial charge in [-0.3, -0.25) is 0 Å². The fraction of sp³-hybridized carbons (Fsp3) is 0.368. The van der Waals surface area contributed by atoms with Crippen LogP contribution in [0, 0.1) is 0 Å². The van der Waals surface area contributed by atoms with Crippen molar-refractivity contribution < 1.29 is 9.84 Å². The Balaban J connectivity index is 1.84. The van der Waals surface area contributed by atoms with Gasteiger partial charge in [0, 0.05) is 0 Å². The Kier molecular flexibility index (Phi) is 3.98. The molecular weight excluding hydrogens is 260 g/mol. The average Bonchev–Trinajstić information content (AvgIpc) is 2.51. The molecule has 1 N–H and O–H groups in total. The maximum atomic E-state index is 10.6. The molecule has 0 saturated heterocycles. The molecule has 0 bridgehead atoms. The Morgan fingerprint density at radius 3 is 2.57 bits per heavy atom. The first kappa shape index (κ1) is 14.2. The molecule has 2 heteroatoms. The van der Waals surface area contributed by atoms with E-state index in [2.05, 4.69) is 26.0 Å². The van der Waals surface area contributed by atoms with Gasteiger partial charge in [0.2, 0.25) is 0 Å². The molecule has 110 valence electrons. The highest BCUT2D eigenvalue weighted by atomic mass is 16.5. The number of hydrogen-bond donors (Lipinski definition) is 1. The van der Waals surface area contributed by atoms with Crippen molar-refractivity contribution in [2.45, 2.75) is 44.8 Å². The number of aliphatic hydroxyl groups excluding tert-OH is 1. The molecule has 1 aliphatic carbocycles. The summed E-state index contributed by atoms with van der Waals surface area (Å²) in [6, 6.07) is 16.2. The lowest BCUT2D eigenvalue weighted by Crippen LogP contribution is -2.30. The van der Waals surface area contributed by atoms with Crippen molar-refractivity contribution in [1.82, 2.24) is 0 Å². The Hall–Kier alpha value is -1.80. The molecule has 0 fully saturated rings. The van der Waals surface area contributed by atoms with Crippen molar-refractivity contribution in [1.29, 1.82) is 0 Å². The predicted octanol–water partition coefficient (Wildman–Crippen LogP) is 4.24. The van der Waals surface area contributed by atoms with Gasteiger partial charge < -0.3 is 9.84 Å². The maximum Gasteiger partial charge on any atom is 0.129 e. The van der Waals surface area contributed by atoms with Crippen molar-refractivity contribution in [3.8, 4) is 5.75 Å². The molecule has 2 atom stereocenters. The van der Waals surface area contributed by atoms with E-state index in [4.69, 9.17) is 4.74 Å². The number of benzene rings is 2. The van der Waals surface area contributed by atoms with Crippen LogP contribution >= 0.6 is 0 Å². The molecule has 3 rings (SSSR count). The third-order valence-electron chi connectivity index (χ3n) is 4.24. The van der Waals surface area contributed by atoms with Crippen LogP contribution < -0.4 is 4.74 Å². The van der Waals surface area contributed by atoms with E-state index in [-0.39, 0.29) is 6.10 Å². The summed E-state index contributed by atoms with van der Waals surface area (Å²) in [7, 11) is 0. The van der Waals surface area contributed by atoms with E-state index in [1.54, 1.807) is 0 Å². The molecule has 2 aromatic carbocycles. The highest BCUT2D eigenvalue weighted by molar-refractivity contribution is 5.37. The lowest BCUT2D eigenvalue weighted by atomic mass is 9.87. The SMILES string of the molecule is CC(C)c1ccccc1OC1CCc2ccccc2C1O.